The number of hydrazine groups is 1. The summed E-state index contributed by atoms with van der Waals surface area (Å²) in [6.45, 7) is 6.23. The summed E-state index contributed by atoms with van der Waals surface area (Å²) in [7, 11) is 1.95. The first-order chi connectivity index (χ1) is 16.6. The van der Waals surface area contributed by atoms with Crippen LogP contribution in [-0.4, -0.2) is 56.1 Å². The van der Waals surface area contributed by atoms with Crippen LogP contribution in [0.3, 0.4) is 0 Å². The van der Waals surface area contributed by atoms with E-state index < -0.39 is 6.10 Å². The standard InChI is InChI=1S/C27H35N5O2/c1-19-5-3-6-20(15-19)23-8-10-32(30-23)27-18-25(31-11-13-34-14-12-31)22-16-21(17-24(22)29-27)26(33)7-4-9-28-2/h3,5-6,8,10,15,17-18,23,26,28,30,33H,4,7,9,11-14,16H2,1-2H3. The molecule has 2 aromatic rings. The monoisotopic (exact) mass is 461 g/mol. The Kier molecular flexibility index (Phi) is 6.97. The van der Waals surface area contributed by atoms with Crippen molar-refractivity contribution in [1.82, 2.24) is 15.7 Å². The molecule has 0 saturated carbocycles. The van der Waals surface area contributed by atoms with Crippen molar-refractivity contribution in [3.05, 3.63) is 70.6 Å². The van der Waals surface area contributed by atoms with Crippen LogP contribution in [0.15, 0.2) is 48.2 Å². The van der Waals surface area contributed by atoms with Gasteiger partial charge in [0, 0.05) is 43.0 Å². The molecule has 1 aliphatic carbocycles. The summed E-state index contributed by atoms with van der Waals surface area (Å²) < 4.78 is 5.61. The van der Waals surface area contributed by atoms with Crippen molar-refractivity contribution in [2.24, 2.45) is 0 Å². The summed E-state index contributed by atoms with van der Waals surface area (Å²) >= 11 is 0. The smallest absolute Gasteiger partial charge is 0.149 e. The van der Waals surface area contributed by atoms with Gasteiger partial charge in [0.15, 0.2) is 0 Å². The van der Waals surface area contributed by atoms with Gasteiger partial charge >= 0.3 is 0 Å². The minimum Gasteiger partial charge on any atom is -0.389 e. The lowest BCUT2D eigenvalue weighted by atomic mass is 10.0. The van der Waals surface area contributed by atoms with Gasteiger partial charge in [-0.25, -0.2) is 10.4 Å². The molecule has 2 aliphatic heterocycles. The zero-order chi connectivity index (χ0) is 23.5. The van der Waals surface area contributed by atoms with Gasteiger partial charge in [0.2, 0.25) is 0 Å². The van der Waals surface area contributed by atoms with Crippen LogP contribution in [0.2, 0.25) is 0 Å². The zero-order valence-corrected chi connectivity index (χ0v) is 20.1. The number of fused-ring (bicyclic) bond motifs is 1. The maximum Gasteiger partial charge on any atom is 0.149 e. The molecule has 34 heavy (non-hydrogen) atoms. The lowest BCUT2D eigenvalue weighted by molar-refractivity contribution is 0.122. The number of benzene rings is 1. The average molecular weight is 462 g/mol. The fraction of sp³-hybridized carbons (Fsp3) is 0.444. The highest BCUT2D eigenvalue weighted by Gasteiger charge is 2.28. The third-order valence-electron chi connectivity index (χ3n) is 6.86. The van der Waals surface area contributed by atoms with Crippen LogP contribution >= 0.6 is 0 Å². The summed E-state index contributed by atoms with van der Waals surface area (Å²) in [6, 6.07) is 10.9. The summed E-state index contributed by atoms with van der Waals surface area (Å²) in [6.07, 6.45) is 8.37. The van der Waals surface area contributed by atoms with E-state index in [4.69, 9.17) is 9.72 Å². The molecule has 0 radical (unpaired) electrons. The second kappa shape index (κ2) is 10.3. The molecule has 1 aromatic heterocycles. The highest BCUT2D eigenvalue weighted by Crippen LogP contribution is 2.37. The van der Waals surface area contributed by atoms with Gasteiger partial charge in [0.1, 0.15) is 5.82 Å². The first kappa shape index (κ1) is 23.1. The Bertz CT molecular complexity index is 1080. The van der Waals surface area contributed by atoms with Crippen molar-refractivity contribution in [1.29, 1.82) is 0 Å². The molecule has 1 fully saturated rings. The number of nitrogens with zero attached hydrogens (tertiary/aromatic N) is 3. The molecular formula is C27H35N5O2. The Morgan fingerprint density at radius 2 is 2.12 bits per heavy atom. The van der Waals surface area contributed by atoms with Crippen molar-refractivity contribution in [3.63, 3.8) is 0 Å². The molecule has 0 spiro atoms. The van der Waals surface area contributed by atoms with E-state index in [-0.39, 0.29) is 6.04 Å². The Hall–Kier alpha value is -2.71. The normalized spacial score (nSPS) is 20.6. The molecule has 7 heteroatoms. The SMILES string of the molecule is CNCCCC(O)C1=Cc2nc(N3C=CC(c4cccc(C)c4)N3)cc(N3CCOCC3)c2C1. The van der Waals surface area contributed by atoms with Gasteiger partial charge in [-0.1, -0.05) is 29.8 Å². The van der Waals surface area contributed by atoms with Crippen LogP contribution in [0, 0.1) is 6.92 Å². The van der Waals surface area contributed by atoms with Crippen molar-refractivity contribution in [2.45, 2.75) is 38.3 Å². The Morgan fingerprint density at radius 1 is 1.26 bits per heavy atom. The van der Waals surface area contributed by atoms with E-state index in [2.05, 4.69) is 71.3 Å². The summed E-state index contributed by atoms with van der Waals surface area (Å²) in [5, 5.41) is 16.0. The number of hydrogen-bond acceptors (Lipinski definition) is 7. The van der Waals surface area contributed by atoms with Gasteiger partial charge in [-0.3, -0.25) is 5.01 Å². The second-order valence-electron chi connectivity index (χ2n) is 9.35. The molecule has 0 amide bonds. The molecule has 5 rings (SSSR count). The number of rotatable bonds is 8. The van der Waals surface area contributed by atoms with Crippen molar-refractivity contribution in [3.8, 4) is 0 Å². The van der Waals surface area contributed by atoms with E-state index in [9.17, 15) is 5.11 Å². The molecule has 0 bridgehead atoms. The molecule has 3 N–H and O–H groups in total. The number of ether oxygens (including phenoxy) is 1. The molecule has 7 nitrogen and oxygen atoms in total. The lowest BCUT2D eigenvalue weighted by Gasteiger charge is -2.31. The predicted octanol–water partition coefficient (Wildman–Crippen LogP) is 3.11. The zero-order valence-electron chi connectivity index (χ0n) is 20.1. The maximum absolute atomic E-state index is 10.8. The number of pyridine rings is 1. The highest BCUT2D eigenvalue weighted by atomic mass is 16.5. The number of nitrogens with one attached hydrogen (secondary N) is 2. The van der Waals surface area contributed by atoms with E-state index in [0.29, 0.717) is 0 Å². The van der Waals surface area contributed by atoms with Crippen molar-refractivity contribution in [2.75, 3.05) is 49.8 Å². The van der Waals surface area contributed by atoms with Gasteiger partial charge in [-0.15, -0.1) is 0 Å². The van der Waals surface area contributed by atoms with Gasteiger partial charge in [0.25, 0.3) is 0 Å². The highest BCUT2D eigenvalue weighted by molar-refractivity contribution is 5.74. The molecule has 2 atom stereocenters. The number of aliphatic hydroxyl groups is 1. The molecular weight excluding hydrogens is 426 g/mol. The van der Waals surface area contributed by atoms with Crippen molar-refractivity contribution < 1.29 is 9.84 Å². The number of anilines is 2. The molecule has 1 saturated heterocycles. The van der Waals surface area contributed by atoms with E-state index in [1.165, 1.54) is 22.4 Å². The number of morpholine rings is 1. The first-order valence-corrected chi connectivity index (χ1v) is 12.3. The summed E-state index contributed by atoms with van der Waals surface area (Å²) in [4.78, 5) is 7.42. The third-order valence-corrected chi connectivity index (χ3v) is 6.86. The Morgan fingerprint density at radius 3 is 2.91 bits per heavy atom. The number of aryl methyl sites for hydroxylation is 1. The Balaban J connectivity index is 1.41. The van der Waals surface area contributed by atoms with E-state index in [0.717, 1.165) is 69.2 Å². The van der Waals surface area contributed by atoms with E-state index in [1.54, 1.807) is 0 Å². The third kappa shape index (κ3) is 4.88. The topological polar surface area (TPSA) is 72.9 Å². The van der Waals surface area contributed by atoms with Crippen LogP contribution in [-0.2, 0) is 11.2 Å². The minimum atomic E-state index is -0.431. The molecule has 3 heterocycles. The number of aromatic nitrogens is 1. The van der Waals surface area contributed by atoms with E-state index in [1.807, 2.05) is 12.1 Å². The summed E-state index contributed by atoms with van der Waals surface area (Å²) in [5.74, 6) is 0.869. The Labute approximate surface area is 202 Å². The molecule has 180 valence electrons. The molecule has 1 aromatic carbocycles. The molecule has 2 unspecified atom stereocenters. The summed E-state index contributed by atoms with van der Waals surface area (Å²) in [5.41, 5.74) is 10.5. The van der Waals surface area contributed by atoms with E-state index >= 15 is 0 Å². The maximum atomic E-state index is 10.8. The number of hydrogen-bond donors (Lipinski definition) is 3. The largest absolute Gasteiger partial charge is 0.389 e. The van der Waals surface area contributed by atoms with Gasteiger partial charge in [0.05, 0.1) is 31.1 Å². The van der Waals surface area contributed by atoms with Crippen LogP contribution in [0.5, 0.6) is 0 Å². The van der Waals surface area contributed by atoms with Gasteiger partial charge in [-0.05, 0) is 56.6 Å². The fourth-order valence-electron chi connectivity index (χ4n) is 4.98. The minimum absolute atomic E-state index is 0.113. The second-order valence-corrected chi connectivity index (χ2v) is 9.35. The van der Waals surface area contributed by atoms with Crippen molar-refractivity contribution >= 4 is 17.6 Å². The predicted molar refractivity (Wildman–Crippen MR) is 137 cm³/mol. The van der Waals surface area contributed by atoms with Crippen LogP contribution in [0.25, 0.3) is 6.08 Å². The van der Waals surface area contributed by atoms with Crippen LogP contribution in [0.4, 0.5) is 11.5 Å². The van der Waals surface area contributed by atoms with Gasteiger partial charge < -0.3 is 20.1 Å². The first-order valence-electron chi connectivity index (χ1n) is 12.3. The number of aliphatic hydroxyl groups excluding tert-OH is 1. The quantitative estimate of drug-likeness (QED) is 0.522. The molecule has 3 aliphatic rings. The van der Waals surface area contributed by atoms with Crippen LogP contribution in [0.1, 0.15) is 41.3 Å². The van der Waals surface area contributed by atoms with Gasteiger partial charge in [-0.2, -0.15) is 0 Å². The fourth-order valence-corrected chi connectivity index (χ4v) is 4.98. The lowest BCUT2D eigenvalue weighted by Crippen LogP contribution is -2.37. The van der Waals surface area contributed by atoms with Crippen LogP contribution < -0.4 is 20.7 Å². The average Bonchev–Trinajstić information content (AvgIpc) is 3.52.